The Kier molecular flexibility index (Phi) is 2.78. The van der Waals surface area contributed by atoms with Crippen molar-refractivity contribution in [1.82, 2.24) is 15.0 Å². The Morgan fingerprint density at radius 2 is 2.11 bits per heavy atom. The maximum atomic E-state index is 8.94. The highest BCUT2D eigenvalue weighted by Gasteiger charge is 2.12. The fraction of sp³-hybridized carbons (Fsp3) is 0. The lowest BCUT2D eigenvalue weighted by Crippen LogP contribution is -1.89. The van der Waals surface area contributed by atoms with Crippen molar-refractivity contribution < 1.29 is 4.42 Å². The summed E-state index contributed by atoms with van der Waals surface area (Å²) in [7, 11) is 0. The number of rotatable bonds is 2. The van der Waals surface area contributed by atoms with Crippen LogP contribution in [0, 0.1) is 11.3 Å². The van der Waals surface area contributed by atoms with E-state index in [-0.39, 0.29) is 5.69 Å². The minimum atomic E-state index is 0.245. The summed E-state index contributed by atoms with van der Waals surface area (Å²) in [6, 6.07) is 7.21. The van der Waals surface area contributed by atoms with Gasteiger partial charge in [0.15, 0.2) is 11.3 Å². The molecule has 0 bridgehead atoms. The molecule has 3 aromatic rings. The number of aromatic nitrogens is 3. The van der Waals surface area contributed by atoms with Crippen LogP contribution in [-0.4, -0.2) is 15.0 Å². The average Bonchev–Trinajstić information content (AvgIpc) is 2.80. The molecule has 0 unspecified atom stereocenters. The first-order chi connectivity index (χ1) is 9.26. The second-order valence-corrected chi connectivity index (χ2v) is 4.57. The van der Waals surface area contributed by atoms with Crippen molar-refractivity contribution in [2.24, 2.45) is 0 Å². The van der Waals surface area contributed by atoms with Gasteiger partial charge in [0.05, 0.1) is 0 Å². The zero-order valence-electron chi connectivity index (χ0n) is 9.57. The zero-order chi connectivity index (χ0) is 13.2. The van der Waals surface area contributed by atoms with Crippen LogP contribution in [0.3, 0.4) is 0 Å². The molecular weight excluding hydrogens is 262 g/mol. The summed E-state index contributed by atoms with van der Waals surface area (Å²) >= 11 is 1.16. The van der Waals surface area contributed by atoms with Gasteiger partial charge in [-0.1, -0.05) is 0 Å². The molecule has 2 N–H and O–H groups in total. The van der Waals surface area contributed by atoms with Crippen LogP contribution in [0.1, 0.15) is 5.69 Å². The van der Waals surface area contributed by atoms with Gasteiger partial charge in [-0.25, -0.2) is 15.0 Å². The Balaban J connectivity index is 1.99. The van der Waals surface area contributed by atoms with Crippen LogP contribution in [-0.2, 0) is 0 Å². The number of hydrogen-bond acceptors (Lipinski definition) is 7. The summed E-state index contributed by atoms with van der Waals surface area (Å²) in [6.07, 6.45) is 2.99. The molecule has 2 heterocycles. The Labute approximate surface area is 112 Å². The molecule has 3 rings (SSSR count). The van der Waals surface area contributed by atoms with Gasteiger partial charge in [0, 0.05) is 24.1 Å². The van der Waals surface area contributed by atoms with Crippen molar-refractivity contribution in [3.05, 3.63) is 36.3 Å². The van der Waals surface area contributed by atoms with Gasteiger partial charge in [-0.05, 0) is 23.9 Å². The smallest absolute Gasteiger partial charge is 0.263 e. The molecule has 6 nitrogen and oxygen atoms in total. The topological polar surface area (TPSA) is 102 Å². The first kappa shape index (κ1) is 11.5. The minimum absolute atomic E-state index is 0.245. The fourth-order valence-corrected chi connectivity index (χ4v) is 2.27. The maximum Gasteiger partial charge on any atom is 0.263 e. The molecule has 0 fully saturated rings. The van der Waals surface area contributed by atoms with Gasteiger partial charge in [0.2, 0.25) is 0 Å². The molecule has 7 heteroatoms. The number of nitrogens with zero attached hydrogens (tertiary/aromatic N) is 4. The van der Waals surface area contributed by atoms with Gasteiger partial charge in [0.1, 0.15) is 16.6 Å². The van der Waals surface area contributed by atoms with Crippen molar-refractivity contribution in [2.75, 3.05) is 5.73 Å². The molecule has 0 saturated heterocycles. The number of fused-ring (bicyclic) bond motifs is 1. The van der Waals surface area contributed by atoms with Gasteiger partial charge in [0.25, 0.3) is 5.22 Å². The normalized spacial score (nSPS) is 10.5. The van der Waals surface area contributed by atoms with E-state index in [1.54, 1.807) is 18.2 Å². The van der Waals surface area contributed by atoms with Gasteiger partial charge < -0.3 is 10.2 Å². The van der Waals surface area contributed by atoms with Crippen LogP contribution in [0.4, 0.5) is 5.69 Å². The summed E-state index contributed by atoms with van der Waals surface area (Å²) in [5, 5.41) is 9.80. The number of hydrogen-bond donors (Lipinski definition) is 1. The molecule has 0 amide bonds. The Morgan fingerprint density at radius 3 is 2.95 bits per heavy atom. The zero-order valence-corrected chi connectivity index (χ0v) is 10.4. The molecule has 0 aliphatic heterocycles. The third kappa shape index (κ3) is 2.21. The van der Waals surface area contributed by atoms with Crippen LogP contribution < -0.4 is 5.73 Å². The van der Waals surface area contributed by atoms with Gasteiger partial charge >= 0.3 is 0 Å². The molecule has 19 heavy (non-hydrogen) atoms. The molecule has 92 valence electrons. The number of nitrogens with two attached hydrogens (primary N) is 1. The van der Waals surface area contributed by atoms with E-state index in [1.165, 1.54) is 12.4 Å². The SMILES string of the molecule is N#Cc1nccnc1Sc1nc2ccc(N)cc2o1. The van der Waals surface area contributed by atoms with E-state index in [9.17, 15) is 0 Å². The minimum Gasteiger partial charge on any atom is -0.431 e. The monoisotopic (exact) mass is 269 g/mol. The van der Waals surface area contributed by atoms with Crippen molar-refractivity contribution in [3.63, 3.8) is 0 Å². The molecule has 1 aromatic carbocycles. The Bertz CT molecular complexity index is 792. The van der Waals surface area contributed by atoms with E-state index < -0.39 is 0 Å². The van der Waals surface area contributed by atoms with Crippen LogP contribution in [0.2, 0.25) is 0 Å². The van der Waals surface area contributed by atoms with Crippen molar-refractivity contribution >= 4 is 28.5 Å². The molecule has 0 atom stereocenters. The lowest BCUT2D eigenvalue weighted by Gasteiger charge is -1.96. The fourth-order valence-electron chi connectivity index (χ4n) is 1.52. The third-order valence-corrected chi connectivity index (χ3v) is 3.19. The van der Waals surface area contributed by atoms with Crippen LogP contribution in [0.25, 0.3) is 11.1 Å². The van der Waals surface area contributed by atoms with E-state index in [1.807, 2.05) is 6.07 Å². The van der Waals surface area contributed by atoms with Gasteiger partial charge in [-0.15, -0.1) is 0 Å². The van der Waals surface area contributed by atoms with E-state index in [0.717, 1.165) is 11.8 Å². The van der Waals surface area contributed by atoms with E-state index >= 15 is 0 Å². The van der Waals surface area contributed by atoms with Crippen molar-refractivity contribution in [2.45, 2.75) is 10.2 Å². The van der Waals surface area contributed by atoms with Crippen LogP contribution in [0.5, 0.6) is 0 Å². The second-order valence-electron chi connectivity index (χ2n) is 3.63. The molecule has 0 saturated carbocycles. The molecule has 0 radical (unpaired) electrons. The van der Waals surface area contributed by atoms with E-state index in [2.05, 4.69) is 15.0 Å². The summed E-state index contributed by atoms with van der Waals surface area (Å²) in [5.74, 6) is 0. The predicted octanol–water partition coefficient (Wildman–Crippen LogP) is 2.22. The first-order valence-corrected chi connectivity index (χ1v) is 6.13. The van der Waals surface area contributed by atoms with Crippen LogP contribution in [0.15, 0.2) is 45.3 Å². The highest BCUT2D eigenvalue weighted by molar-refractivity contribution is 7.99. The number of nitrogen functional groups attached to an aromatic ring is 1. The van der Waals surface area contributed by atoms with Crippen LogP contribution >= 0.6 is 11.8 Å². The van der Waals surface area contributed by atoms with Crippen molar-refractivity contribution in [3.8, 4) is 6.07 Å². The summed E-state index contributed by atoms with van der Waals surface area (Å²) in [6.45, 7) is 0. The number of anilines is 1. The standard InChI is InChI=1S/C12H7N5OS/c13-6-9-11(16-4-3-15-9)19-12-17-8-2-1-7(14)5-10(8)18-12/h1-5H,14H2. The highest BCUT2D eigenvalue weighted by atomic mass is 32.2. The Morgan fingerprint density at radius 1 is 1.26 bits per heavy atom. The quantitative estimate of drug-likeness (QED) is 0.711. The van der Waals surface area contributed by atoms with E-state index in [4.69, 9.17) is 15.4 Å². The summed E-state index contributed by atoms with van der Waals surface area (Å²) < 4.78 is 5.55. The summed E-state index contributed by atoms with van der Waals surface area (Å²) in [4.78, 5) is 12.3. The molecule has 0 aliphatic rings. The molecule has 0 aliphatic carbocycles. The molecule has 2 aromatic heterocycles. The second kappa shape index (κ2) is 4.59. The van der Waals surface area contributed by atoms with E-state index in [0.29, 0.717) is 27.0 Å². The van der Waals surface area contributed by atoms with Gasteiger partial charge in [-0.2, -0.15) is 5.26 Å². The summed E-state index contributed by atoms with van der Waals surface area (Å²) in [5.41, 5.74) is 7.83. The number of benzene rings is 1. The van der Waals surface area contributed by atoms with Crippen molar-refractivity contribution in [1.29, 1.82) is 5.26 Å². The molecule has 0 spiro atoms. The average molecular weight is 269 g/mol. The van der Waals surface area contributed by atoms with Gasteiger partial charge in [-0.3, -0.25) is 0 Å². The lowest BCUT2D eigenvalue weighted by atomic mass is 10.3. The highest BCUT2D eigenvalue weighted by Crippen LogP contribution is 2.30. The number of oxazole rings is 1. The largest absolute Gasteiger partial charge is 0.431 e. The molecular formula is C12H7N5OS. The Hall–Kier alpha value is -2.59. The lowest BCUT2D eigenvalue weighted by molar-refractivity contribution is 0.489. The third-order valence-electron chi connectivity index (χ3n) is 2.35. The number of nitriles is 1. The maximum absolute atomic E-state index is 8.94. The predicted molar refractivity (Wildman–Crippen MR) is 69.3 cm³/mol. The first-order valence-electron chi connectivity index (χ1n) is 5.31.